The van der Waals surface area contributed by atoms with Gasteiger partial charge in [0.2, 0.25) is 5.88 Å². The Bertz CT molecular complexity index is 1200. The van der Waals surface area contributed by atoms with Crippen molar-refractivity contribution in [3.05, 3.63) is 53.5 Å². The number of phenols is 1. The van der Waals surface area contributed by atoms with Crippen LogP contribution in [0.3, 0.4) is 0 Å². The summed E-state index contributed by atoms with van der Waals surface area (Å²) in [5.41, 5.74) is 2.60. The Morgan fingerprint density at radius 1 is 1.19 bits per heavy atom. The monoisotopic (exact) mass is 437 g/mol. The molecule has 1 aliphatic carbocycles. The number of halogens is 1. The molecule has 168 valence electrons. The largest absolute Gasteiger partial charge is 0.508 e. The number of fused-ring (bicyclic) bond motifs is 1. The van der Waals surface area contributed by atoms with E-state index in [9.17, 15) is 14.3 Å². The van der Waals surface area contributed by atoms with E-state index in [1.807, 2.05) is 19.1 Å². The van der Waals surface area contributed by atoms with Gasteiger partial charge in [-0.15, -0.1) is 0 Å². The van der Waals surface area contributed by atoms with E-state index in [0.717, 1.165) is 22.2 Å². The summed E-state index contributed by atoms with van der Waals surface area (Å²) in [5.74, 6) is 0.124. The molecule has 1 aliphatic rings. The van der Waals surface area contributed by atoms with Gasteiger partial charge in [0.1, 0.15) is 17.7 Å². The number of aromatic nitrogens is 1. The highest BCUT2D eigenvalue weighted by Gasteiger charge is 2.49. The minimum absolute atomic E-state index is 0.0811. The number of nitrogens with zero attached hydrogens (tertiary/aromatic N) is 1. The number of benzene rings is 2. The molecule has 3 aromatic rings. The average Bonchev–Trinajstić information content (AvgIpc) is 2.73. The number of methoxy groups -OCH3 is 1. The van der Waals surface area contributed by atoms with Crippen molar-refractivity contribution in [2.24, 2.45) is 5.41 Å². The number of carbonyl (C=O) groups is 1. The molecule has 4 rings (SSSR count). The van der Waals surface area contributed by atoms with E-state index in [4.69, 9.17) is 14.5 Å². The standard InChI is InChI=1S/C26H28FNO4/c1-14(2)23-22(16-6-9-21(27)15(3)10-16)19-8-7-17(29)11-20(19)24(28-23)32-18-12-26(4,13-18)25(30)31-5/h6-11,14,18,29H,12-13H2,1-5H3. The number of phenolic OH excluding ortho intramolecular Hbond substituents is 1. The van der Waals surface area contributed by atoms with Gasteiger partial charge in [0.15, 0.2) is 0 Å². The molecule has 0 radical (unpaired) electrons. The van der Waals surface area contributed by atoms with Gasteiger partial charge in [-0.1, -0.05) is 19.9 Å². The first-order valence-corrected chi connectivity index (χ1v) is 10.8. The van der Waals surface area contributed by atoms with Crippen molar-refractivity contribution in [1.82, 2.24) is 4.98 Å². The molecule has 6 heteroatoms. The minimum atomic E-state index is -0.552. The Kier molecular flexibility index (Phi) is 5.57. The fraction of sp³-hybridized carbons (Fsp3) is 0.385. The van der Waals surface area contributed by atoms with Crippen LogP contribution in [-0.4, -0.2) is 29.3 Å². The Morgan fingerprint density at radius 3 is 2.53 bits per heavy atom. The number of aryl methyl sites for hydroxylation is 1. The molecule has 1 heterocycles. The molecule has 0 atom stereocenters. The van der Waals surface area contributed by atoms with Gasteiger partial charge in [0.25, 0.3) is 0 Å². The van der Waals surface area contributed by atoms with E-state index in [1.54, 1.807) is 25.1 Å². The summed E-state index contributed by atoms with van der Waals surface area (Å²) >= 11 is 0. The number of esters is 1. The summed E-state index contributed by atoms with van der Waals surface area (Å²) in [6, 6.07) is 10.2. The maximum absolute atomic E-state index is 13.9. The number of pyridine rings is 1. The van der Waals surface area contributed by atoms with Gasteiger partial charge in [-0.25, -0.2) is 9.37 Å². The van der Waals surface area contributed by atoms with Crippen molar-refractivity contribution in [3.63, 3.8) is 0 Å². The van der Waals surface area contributed by atoms with Gasteiger partial charge in [0.05, 0.1) is 18.2 Å². The quantitative estimate of drug-likeness (QED) is 0.504. The highest BCUT2D eigenvalue weighted by Crippen LogP contribution is 2.46. The van der Waals surface area contributed by atoms with Crippen LogP contribution in [0.15, 0.2) is 36.4 Å². The molecule has 0 spiro atoms. The number of aromatic hydroxyl groups is 1. The summed E-state index contributed by atoms with van der Waals surface area (Å²) in [6.07, 6.45) is 0.908. The zero-order chi connectivity index (χ0) is 23.2. The second kappa shape index (κ2) is 8.08. The van der Waals surface area contributed by atoms with Gasteiger partial charge in [-0.3, -0.25) is 4.79 Å². The Morgan fingerprint density at radius 2 is 1.91 bits per heavy atom. The van der Waals surface area contributed by atoms with E-state index in [-0.39, 0.29) is 29.6 Å². The minimum Gasteiger partial charge on any atom is -0.508 e. The van der Waals surface area contributed by atoms with Crippen molar-refractivity contribution in [3.8, 4) is 22.8 Å². The summed E-state index contributed by atoms with van der Waals surface area (Å²) in [7, 11) is 1.39. The smallest absolute Gasteiger partial charge is 0.311 e. The second-order valence-corrected chi connectivity index (χ2v) is 9.23. The summed E-state index contributed by atoms with van der Waals surface area (Å²) < 4.78 is 25.1. The van der Waals surface area contributed by atoms with Crippen LogP contribution in [0, 0.1) is 18.2 Å². The molecule has 0 unspecified atom stereocenters. The molecule has 0 amide bonds. The molecule has 1 aromatic heterocycles. The number of rotatable bonds is 5. The normalized spacial score (nSPS) is 20.3. The van der Waals surface area contributed by atoms with Crippen LogP contribution in [0.1, 0.15) is 50.8 Å². The fourth-order valence-electron chi connectivity index (χ4n) is 4.50. The first kappa shape index (κ1) is 22.1. The first-order chi connectivity index (χ1) is 15.1. The molecule has 1 N–H and O–H groups in total. The Hall–Kier alpha value is -3.15. The van der Waals surface area contributed by atoms with Crippen molar-refractivity contribution in [2.75, 3.05) is 7.11 Å². The Balaban J connectivity index is 1.82. The third-order valence-corrected chi connectivity index (χ3v) is 6.29. The number of ether oxygens (including phenoxy) is 2. The number of carbonyl (C=O) groups excluding carboxylic acids is 1. The molecule has 32 heavy (non-hydrogen) atoms. The highest BCUT2D eigenvalue weighted by atomic mass is 19.1. The predicted octanol–water partition coefficient (Wildman–Crippen LogP) is 5.90. The average molecular weight is 438 g/mol. The lowest BCUT2D eigenvalue weighted by atomic mass is 9.68. The summed E-state index contributed by atoms with van der Waals surface area (Å²) in [6.45, 7) is 7.71. The summed E-state index contributed by atoms with van der Waals surface area (Å²) in [4.78, 5) is 16.9. The van der Waals surface area contributed by atoms with Gasteiger partial charge >= 0.3 is 5.97 Å². The molecule has 5 nitrogen and oxygen atoms in total. The summed E-state index contributed by atoms with van der Waals surface area (Å²) in [5, 5.41) is 11.7. The van der Waals surface area contributed by atoms with Gasteiger partial charge in [-0.2, -0.15) is 0 Å². The molecule has 0 aliphatic heterocycles. The molecule has 2 aromatic carbocycles. The number of hydrogen-bond donors (Lipinski definition) is 1. The topological polar surface area (TPSA) is 68.7 Å². The van der Waals surface area contributed by atoms with Crippen molar-refractivity contribution in [2.45, 2.75) is 52.6 Å². The molecule has 1 fully saturated rings. The SMILES string of the molecule is COC(=O)C1(C)CC(Oc2nc(C(C)C)c(-c3ccc(F)c(C)c3)c3ccc(O)cc23)C1. The van der Waals surface area contributed by atoms with E-state index in [1.165, 1.54) is 13.2 Å². The van der Waals surface area contributed by atoms with Crippen molar-refractivity contribution in [1.29, 1.82) is 0 Å². The van der Waals surface area contributed by atoms with Crippen molar-refractivity contribution >= 4 is 16.7 Å². The van der Waals surface area contributed by atoms with Gasteiger partial charge < -0.3 is 14.6 Å². The van der Waals surface area contributed by atoms with E-state index in [2.05, 4.69) is 13.8 Å². The molecular formula is C26H28FNO4. The molecule has 0 bridgehead atoms. The molecule has 0 saturated heterocycles. The predicted molar refractivity (Wildman–Crippen MR) is 121 cm³/mol. The van der Waals surface area contributed by atoms with E-state index >= 15 is 0 Å². The van der Waals surface area contributed by atoms with E-state index in [0.29, 0.717) is 29.7 Å². The maximum Gasteiger partial charge on any atom is 0.311 e. The van der Waals surface area contributed by atoms with Gasteiger partial charge in [-0.05, 0) is 66.6 Å². The Labute approximate surface area is 187 Å². The zero-order valence-corrected chi connectivity index (χ0v) is 19.0. The van der Waals surface area contributed by atoms with E-state index < -0.39 is 5.41 Å². The van der Waals surface area contributed by atoms with Crippen LogP contribution in [0.25, 0.3) is 21.9 Å². The lowest BCUT2D eigenvalue weighted by Gasteiger charge is -2.42. The number of hydrogen-bond acceptors (Lipinski definition) is 5. The zero-order valence-electron chi connectivity index (χ0n) is 19.0. The maximum atomic E-state index is 13.9. The lowest BCUT2D eigenvalue weighted by molar-refractivity contribution is -0.163. The van der Waals surface area contributed by atoms with Gasteiger partial charge in [0, 0.05) is 23.8 Å². The van der Waals surface area contributed by atoms with Crippen LogP contribution in [0.4, 0.5) is 4.39 Å². The molecule has 1 saturated carbocycles. The fourth-order valence-corrected chi connectivity index (χ4v) is 4.50. The van der Waals surface area contributed by atoms with Crippen LogP contribution in [0.2, 0.25) is 0 Å². The molecular weight excluding hydrogens is 409 g/mol. The van der Waals surface area contributed by atoms with Crippen LogP contribution < -0.4 is 4.74 Å². The van der Waals surface area contributed by atoms with Crippen LogP contribution in [0.5, 0.6) is 11.6 Å². The first-order valence-electron chi connectivity index (χ1n) is 10.8. The highest BCUT2D eigenvalue weighted by molar-refractivity contribution is 6.01. The van der Waals surface area contributed by atoms with Crippen LogP contribution in [-0.2, 0) is 9.53 Å². The lowest BCUT2D eigenvalue weighted by Crippen LogP contribution is -2.47. The third-order valence-electron chi connectivity index (χ3n) is 6.29. The van der Waals surface area contributed by atoms with Crippen LogP contribution >= 0.6 is 0 Å². The third kappa shape index (κ3) is 3.78. The van der Waals surface area contributed by atoms with Crippen molar-refractivity contribution < 1.29 is 23.8 Å². The second-order valence-electron chi connectivity index (χ2n) is 9.23.